The summed E-state index contributed by atoms with van der Waals surface area (Å²) in [5, 5.41) is 11.8. The summed E-state index contributed by atoms with van der Waals surface area (Å²) in [5.41, 5.74) is 2.73. The van der Waals surface area contributed by atoms with Crippen molar-refractivity contribution in [2.45, 2.75) is 45.4 Å². The predicted molar refractivity (Wildman–Crippen MR) is 73.1 cm³/mol. The highest BCUT2D eigenvalue weighted by atomic mass is 14.9. The molecule has 1 aromatic carbocycles. The van der Waals surface area contributed by atoms with Crippen molar-refractivity contribution < 1.29 is 0 Å². The van der Waals surface area contributed by atoms with E-state index >= 15 is 0 Å². The van der Waals surface area contributed by atoms with E-state index in [1.807, 2.05) is 0 Å². The van der Waals surface area contributed by atoms with E-state index < -0.39 is 0 Å². The number of nitrogens with zero attached hydrogens (tertiary/aromatic N) is 1. The third kappa shape index (κ3) is 4.91. The lowest BCUT2D eigenvalue weighted by Gasteiger charge is -2.19. The second-order valence-corrected chi connectivity index (χ2v) is 5.37. The van der Waals surface area contributed by atoms with Gasteiger partial charge in [0.2, 0.25) is 0 Å². The maximum absolute atomic E-state index is 8.42. The molecule has 0 radical (unpaired) electrons. The van der Waals surface area contributed by atoms with Gasteiger partial charge in [0.1, 0.15) is 0 Å². The number of nitrogens with one attached hydrogen (secondary N) is 1. The van der Waals surface area contributed by atoms with Crippen molar-refractivity contribution in [3.05, 3.63) is 29.8 Å². The lowest BCUT2D eigenvalue weighted by Crippen LogP contribution is -2.11. The second-order valence-electron chi connectivity index (χ2n) is 5.37. The summed E-state index contributed by atoms with van der Waals surface area (Å²) in [6, 6.07) is 10.8. The molecule has 17 heavy (non-hydrogen) atoms. The van der Waals surface area contributed by atoms with Gasteiger partial charge in [-0.3, -0.25) is 0 Å². The van der Waals surface area contributed by atoms with Crippen molar-refractivity contribution >= 4 is 5.69 Å². The molecule has 92 valence electrons. The topological polar surface area (TPSA) is 35.8 Å². The highest BCUT2D eigenvalue weighted by molar-refractivity contribution is 5.45. The molecule has 0 spiro atoms. The van der Waals surface area contributed by atoms with Crippen molar-refractivity contribution in [3.63, 3.8) is 0 Å². The molecule has 1 aromatic rings. The molecular formula is C15H22N2. The van der Waals surface area contributed by atoms with Gasteiger partial charge in [0.05, 0.1) is 6.07 Å². The van der Waals surface area contributed by atoms with E-state index in [4.69, 9.17) is 5.26 Å². The molecule has 0 unspecified atom stereocenters. The van der Waals surface area contributed by atoms with Crippen LogP contribution in [0.4, 0.5) is 5.69 Å². The molecule has 0 aliphatic rings. The molecule has 0 aromatic heterocycles. The Bertz CT molecular complexity index is 365. The van der Waals surface area contributed by atoms with Gasteiger partial charge in [0, 0.05) is 18.7 Å². The van der Waals surface area contributed by atoms with Crippen molar-refractivity contribution in [2.75, 3.05) is 11.9 Å². The molecule has 0 atom stereocenters. The number of rotatable bonds is 5. The maximum Gasteiger partial charge on any atom is 0.0621 e. The number of benzene rings is 1. The van der Waals surface area contributed by atoms with Gasteiger partial charge in [-0.2, -0.15) is 5.26 Å². The molecule has 0 saturated carbocycles. The van der Waals surface area contributed by atoms with Crippen LogP contribution in [-0.4, -0.2) is 6.54 Å². The van der Waals surface area contributed by atoms with E-state index in [2.05, 4.69) is 56.4 Å². The van der Waals surface area contributed by atoms with Crippen molar-refractivity contribution in [3.8, 4) is 6.07 Å². The van der Waals surface area contributed by atoms with Crippen molar-refractivity contribution in [1.82, 2.24) is 0 Å². The summed E-state index contributed by atoms with van der Waals surface area (Å²) in [7, 11) is 0. The monoisotopic (exact) mass is 230 g/mol. The third-order valence-corrected chi connectivity index (χ3v) is 2.80. The van der Waals surface area contributed by atoms with Gasteiger partial charge in [-0.25, -0.2) is 0 Å². The summed E-state index contributed by atoms with van der Waals surface area (Å²) >= 11 is 0. The summed E-state index contributed by atoms with van der Waals surface area (Å²) < 4.78 is 0. The van der Waals surface area contributed by atoms with Gasteiger partial charge in [-0.1, -0.05) is 32.9 Å². The van der Waals surface area contributed by atoms with E-state index in [1.165, 1.54) is 5.56 Å². The van der Waals surface area contributed by atoms with E-state index in [9.17, 15) is 0 Å². The highest BCUT2D eigenvalue weighted by Gasteiger charge is 2.12. The standard InChI is InChI=1S/C15H22N2/c1-15(2,3)13-7-9-14(10-8-13)17-12-6-4-5-11-16/h7-10,17H,4-6,12H2,1-3H3. The van der Waals surface area contributed by atoms with Gasteiger partial charge in [0.25, 0.3) is 0 Å². The first-order chi connectivity index (χ1) is 8.04. The molecule has 0 heterocycles. The number of unbranched alkanes of at least 4 members (excludes halogenated alkanes) is 2. The molecule has 0 aliphatic heterocycles. The van der Waals surface area contributed by atoms with Gasteiger partial charge in [-0.05, 0) is 36.0 Å². The van der Waals surface area contributed by atoms with Crippen LogP contribution in [0.15, 0.2) is 24.3 Å². The Morgan fingerprint density at radius 3 is 2.29 bits per heavy atom. The predicted octanol–water partition coefficient (Wildman–Crippen LogP) is 4.09. The average molecular weight is 230 g/mol. The van der Waals surface area contributed by atoms with E-state index in [0.29, 0.717) is 6.42 Å². The van der Waals surface area contributed by atoms with Crippen LogP contribution < -0.4 is 5.32 Å². The average Bonchev–Trinajstić information content (AvgIpc) is 2.28. The minimum Gasteiger partial charge on any atom is -0.385 e. The zero-order chi connectivity index (χ0) is 12.7. The maximum atomic E-state index is 8.42. The van der Waals surface area contributed by atoms with Crippen LogP contribution in [-0.2, 0) is 5.41 Å². The summed E-state index contributed by atoms with van der Waals surface area (Å²) in [4.78, 5) is 0. The summed E-state index contributed by atoms with van der Waals surface area (Å²) in [5.74, 6) is 0. The molecule has 0 saturated heterocycles. The lowest BCUT2D eigenvalue weighted by molar-refractivity contribution is 0.590. The van der Waals surface area contributed by atoms with Crippen LogP contribution in [0.25, 0.3) is 0 Å². The van der Waals surface area contributed by atoms with E-state index in [1.54, 1.807) is 0 Å². The fraction of sp³-hybridized carbons (Fsp3) is 0.533. The van der Waals surface area contributed by atoms with Gasteiger partial charge in [0.15, 0.2) is 0 Å². The molecule has 0 aliphatic carbocycles. The minimum absolute atomic E-state index is 0.214. The number of anilines is 1. The lowest BCUT2D eigenvalue weighted by atomic mass is 9.87. The molecule has 0 fully saturated rings. The van der Waals surface area contributed by atoms with Crippen LogP contribution >= 0.6 is 0 Å². The zero-order valence-corrected chi connectivity index (χ0v) is 11.1. The highest BCUT2D eigenvalue weighted by Crippen LogP contribution is 2.23. The first-order valence-corrected chi connectivity index (χ1v) is 6.25. The summed E-state index contributed by atoms with van der Waals surface area (Å²) in [6.07, 6.45) is 2.68. The minimum atomic E-state index is 0.214. The molecular weight excluding hydrogens is 208 g/mol. The second kappa shape index (κ2) is 6.30. The Balaban J connectivity index is 2.39. The number of nitriles is 1. The third-order valence-electron chi connectivity index (χ3n) is 2.80. The Hall–Kier alpha value is -1.49. The Morgan fingerprint density at radius 1 is 1.12 bits per heavy atom. The van der Waals surface area contributed by atoms with Crippen LogP contribution in [0.3, 0.4) is 0 Å². The summed E-state index contributed by atoms with van der Waals surface area (Å²) in [6.45, 7) is 7.60. The number of hydrogen-bond acceptors (Lipinski definition) is 2. The largest absolute Gasteiger partial charge is 0.385 e. The van der Waals surface area contributed by atoms with E-state index in [0.717, 1.165) is 25.1 Å². The molecule has 2 heteroatoms. The van der Waals surface area contributed by atoms with Crippen molar-refractivity contribution in [2.24, 2.45) is 0 Å². The first-order valence-electron chi connectivity index (χ1n) is 6.25. The number of hydrogen-bond donors (Lipinski definition) is 1. The van der Waals surface area contributed by atoms with Crippen LogP contribution in [0.5, 0.6) is 0 Å². The molecule has 1 rings (SSSR count). The van der Waals surface area contributed by atoms with Gasteiger partial charge >= 0.3 is 0 Å². The quantitative estimate of drug-likeness (QED) is 0.773. The zero-order valence-electron chi connectivity index (χ0n) is 11.1. The Labute approximate surface area is 105 Å². The van der Waals surface area contributed by atoms with Gasteiger partial charge in [-0.15, -0.1) is 0 Å². The fourth-order valence-corrected chi connectivity index (χ4v) is 1.65. The van der Waals surface area contributed by atoms with Crippen LogP contribution in [0, 0.1) is 11.3 Å². The molecule has 0 bridgehead atoms. The normalized spacial score (nSPS) is 10.9. The Morgan fingerprint density at radius 2 is 1.76 bits per heavy atom. The van der Waals surface area contributed by atoms with Crippen LogP contribution in [0.1, 0.15) is 45.6 Å². The van der Waals surface area contributed by atoms with E-state index in [-0.39, 0.29) is 5.41 Å². The molecule has 2 nitrogen and oxygen atoms in total. The Kier molecular flexibility index (Phi) is 5.03. The smallest absolute Gasteiger partial charge is 0.0621 e. The fourth-order valence-electron chi connectivity index (χ4n) is 1.65. The SMILES string of the molecule is CC(C)(C)c1ccc(NCCCCC#N)cc1. The first kappa shape index (κ1) is 13.6. The van der Waals surface area contributed by atoms with Crippen LogP contribution in [0.2, 0.25) is 0 Å². The van der Waals surface area contributed by atoms with Crippen molar-refractivity contribution in [1.29, 1.82) is 5.26 Å². The van der Waals surface area contributed by atoms with Gasteiger partial charge < -0.3 is 5.32 Å². The molecule has 1 N–H and O–H groups in total. The molecule has 0 amide bonds.